The lowest BCUT2D eigenvalue weighted by Gasteiger charge is -2.12. The Morgan fingerprint density at radius 1 is 1.20 bits per heavy atom. The van der Waals surface area contributed by atoms with E-state index in [1.165, 1.54) is 0 Å². The number of carbonyl (C=O) groups excluding carboxylic acids is 1. The first-order valence-electron chi connectivity index (χ1n) is 6.32. The average Bonchev–Trinajstić information content (AvgIpc) is 2.76. The smallest absolute Gasteiger partial charge is 0.326 e. The zero-order chi connectivity index (χ0) is 14.8. The third-order valence-corrected chi connectivity index (χ3v) is 2.65. The average molecular weight is 274 g/mol. The van der Waals surface area contributed by atoms with Crippen molar-refractivity contribution >= 4 is 17.7 Å². The minimum Gasteiger partial charge on any atom is -0.359 e. The first-order chi connectivity index (χ1) is 9.34. The molecule has 6 nitrogen and oxygen atoms in total. The van der Waals surface area contributed by atoms with Crippen LogP contribution in [0, 0.1) is 6.92 Å². The molecule has 2 N–H and O–H groups in total. The van der Waals surface area contributed by atoms with Gasteiger partial charge < -0.3 is 4.52 Å². The Morgan fingerprint density at radius 3 is 2.50 bits per heavy atom. The highest BCUT2D eigenvalue weighted by Crippen LogP contribution is 2.24. The van der Waals surface area contributed by atoms with Gasteiger partial charge in [-0.3, -0.25) is 10.6 Å². The number of pyridine rings is 1. The molecule has 0 saturated carbocycles. The van der Waals surface area contributed by atoms with Crippen LogP contribution in [-0.2, 0) is 5.41 Å². The summed E-state index contributed by atoms with van der Waals surface area (Å²) in [5.74, 6) is 1.57. The van der Waals surface area contributed by atoms with Crippen molar-refractivity contribution in [3.63, 3.8) is 0 Å². The van der Waals surface area contributed by atoms with Crippen LogP contribution in [0.2, 0.25) is 0 Å². The van der Waals surface area contributed by atoms with Gasteiger partial charge in [0.1, 0.15) is 11.6 Å². The van der Waals surface area contributed by atoms with Gasteiger partial charge in [0, 0.05) is 17.7 Å². The summed E-state index contributed by atoms with van der Waals surface area (Å²) >= 11 is 0. The summed E-state index contributed by atoms with van der Waals surface area (Å²) in [5, 5.41) is 9.06. The van der Waals surface area contributed by atoms with Gasteiger partial charge in [-0.25, -0.2) is 9.78 Å². The molecular weight excluding hydrogens is 256 g/mol. The van der Waals surface area contributed by atoms with E-state index in [0.29, 0.717) is 17.4 Å². The molecular formula is C14H18N4O2. The Balaban J connectivity index is 2.00. The van der Waals surface area contributed by atoms with E-state index in [1.807, 2.05) is 33.8 Å². The molecule has 2 aromatic heterocycles. The van der Waals surface area contributed by atoms with Gasteiger partial charge >= 0.3 is 6.03 Å². The van der Waals surface area contributed by atoms with Gasteiger partial charge in [-0.15, -0.1) is 0 Å². The lowest BCUT2D eigenvalue weighted by molar-refractivity contribution is 0.261. The van der Waals surface area contributed by atoms with E-state index in [2.05, 4.69) is 20.8 Å². The molecule has 106 valence electrons. The Hall–Kier alpha value is -2.37. The van der Waals surface area contributed by atoms with Crippen LogP contribution in [0.15, 0.2) is 28.9 Å². The molecule has 2 heterocycles. The highest BCUT2D eigenvalue weighted by atomic mass is 16.5. The van der Waals surface area contributed by atoms with Gasteiger partial charge in [0.05, 0.1) is 0 Å². The Morgan fingerprint density at radius 2 is 1.90 bits per heavy atom. The SMILES string of the molecule is Cc1ccnc(NC(=O)Nc2cc(C(C)(C)C)on2)c1. The van der Waals surface area contributed by atoms with Gasteiger partial charge in [-0.1, -0.05) is 25.9 Å². The van der Waals surface area contributed by atoms with Crippen molar-refractivity contribution in [2.45, 2.75) is 33.1 Å². The molecule has 0 unspecified atom stereocenters. The number of nitrogens with zero attached hydrogens (tertiary/aromatic N) is 2. The molecule has 0 saturated heterocycles. The van der Waals surface area contributed by atoms with E-state index >= 15 is 0 Å². The summed E-state index contributed by atoms with van der Waals surface area (Å²) in [4.78, 5) is 15.9. The summed E-state index contributed by atoms with van der Waals surface area (Å²) in [6.07, 6.45) is 1.64. The molecule has 0 spiro atoms. The normalized spacial score (nSPS) is 11.2. The number of urea groups is 1. The van der Waals surface area contributed by atoms with Crippen molar-refractivity contribution in [3.05, 3.63) is 35.7 Å². The highest BCUT2D eigenvalue weighted by molar-refractivity contribution is 5.98. The molecule has 6 heteroatoms. The summed E-state index contributed by atoms with van der Waals surface area (Å²) in [5.41, 5.74) is 0.869. The van der Waals surface area contributed by atoms with Gasteiger partial charge in [-0.05, 0) is 24.6 Å². The van der Waals surface area contributed by atoms with Gasteiger partial charge in [0.25, 0.3) is 0 Å². The van der Waals surface area contributed by atoms with E-state index in [-0.39, 0.29) is 5.41 Å². The predicted molar refractivity (Wildman–Crippen MR) is 76.8 cm³/mol. The number of nitrogens with one attached hydrogen (secondary N) is 2. The second-order valence-electron chi connectivity index (χ2n) is 5.62. The van der Waals surface area contributed by atoms with Crippen LogP contribution in [0.1, 0.15) is 32.1 Å². The fourth-order valence-corrected chi connectivity index (χ4v) is 1.56. The number of hydrogen-bond donors (Lipinski definition) is 2. The fourth-order valence-electron chi connectivity index (χ4n) is 1.56. The number of hydrogen-bond acceptors (Lipinski definition) is 4. The Kier molecular flexibility index (Phi) is 3.74. The van der Waals surface area contributed by atoms with Gasteiger partial charge in [-0.2, -0.15) is 0 Å². The van der Waals surface area contributed by atoms with E-state index < -0.39 is 6.03 Å². The van der Waals surface area contributed by atoms with Crippen LogP contribution in [-0.4, -0.2) is 16.2 Å². The minimum atomic E-state index is -0.406. The zero-order valence-electron chi connectivity index (χ0n) is 12.0. The largest absolute Gasteiger partial charge is 0.359 e. The first kappa shape index (κ1) is 14.0. The van der Waals surface area contributed by atoms with Crippen LogP contribution >= 0.6 is 0 Å². The molecule has 0 aliphatic rings. The Bertz CT molecular complexity index is 614. The van der Waals surface area contributed by atoms with Crippen LogP contribution in [0.3, 0.4) is 0 Å². The molecule has 20 heavy (non-hydrogen) atoms. The second-order valence-corrected chi connectivity index (χ2v) is 5.62. The molecule has 0 aromatic carbocycles. The third-order valence-electron chi connectivity index (χ3n) is 2.65. The van der Waals surface area contributed by atoms with Crippen molar-refractivity contribution in [2.24, 2.45) is 0 Å². The van der Waals surface area contributed by atoms with Crippen LogP contribution < -0.4 is 10.6 Å². The van der Waals surface area contributed by atoms with Crippen molar-refractivity contribution < 1.29 is 9.32 Å². The summed E-state index contributed by atoms with van der Waals surface area (Å²) < 4.78 is 5.19. The van der Waals surface area contributed by atoms with Crippen molar-refractivity contribution in [3.8, 4) is 0 Å². The van der Waals surface area contributed by atoms with Crippen LogP contribution in [0.4, 0.5) is 16.4 Å². The van der Waals surface area contributed by atoms with Crippen molar-refractivity contribution in [1.82, 2.24) is 10.1 Å². The van der Waals surface area contributed by atoms with Gasteiger partial charge in [0.2, 0.25) is 0 Å². The minimum absolute atomic E-state index is 0.151. The molecule has 0 radical (unpaired) electrons. The molecule has 0 fully saturated rings. The van der Waals surface area contributed by atoms with Crippen LogP contribution in [0.5, 0.6) is 0 Å². The summed E-state index contributed by atoms with van der Waals surface area (Å²) in [6, 6.07) is 4.94. The molecule has 0 bridgehead atoms. The quantitative estimate of drug-likeness (QED) is 0.880. The van der Waals surface area contributed by atoms with Crippen molar-refractivity contribution in [1.29, 1.82) is 0 Å². The van der Waals surface area contributed by atoms with Crippen LogP contribution in [0.25, 0.3) is 0 Å². The number of amides is 2. The number of aromatic nitrogens is 2. The third kappa shape index (κ3) is 3.57. The molecule has 2 rings (SSSR count). The zero-order valence-corrected chi connectivity index (χ0v) is 12.0. The molecule has 0 atom stereocenters. The molecule has 0 aliphatic heterocycles. The van der Waals surface area contributed by atoms with E-state index in [9.17, 15) is 4.79 Å². The Labute approximate surface area is 117 Å². The summed E-state index contributed by atoms with van der Waals surface area (Å²) in [7, 11) is 0. The number of anilines is 2. The second kappa shape index (κ2) is 5.32. The lowest BCUT2D eigenvalue weighted by Crippen LogP contribution is -2.20. The maximum atomic E-state index is 11.8. The number of aryl methyl sites for hydroxylation is 1. The topological polar surface area (TPSA) is 80.0 Å². The van der Waals surface area contributed by atoms with E-state index in [1.54, 1.807) is 18.3 Å². The number of carbonyl (C=O) groups is 1. The highest BCUT2D eigenvalue weighted by Gasteiger charge is 2.20. The monoisotopic (exact) mass is 274 g/mol. The fraction of sp³-hybridized carbons (Fsp3) is 0.357. The molecule has 2 aromatic rings. The molecule has 2 amide bonds. The van der Waals surface area contributed by atoms with E-state index in [0.717, 1.165) is 5.56 Å². The maximum Gasteiger partial charge on any atom is 0.326 e. The predicted octanol–water partition coefficient (Wildman–Crippen LogP) is 3.32. The number of rotatable bonds is 2. The standard InChI is InChI=1S/C14H18N4O2/c1-9-5-6-15-11(7-9)16-13(19)17-12-8-10(20-18-12)14(2,3)4/h5-8H,1-4H3,(H2,15,16,17,18,19). The summed E-state index contributed by atoms with van der Waals surface area (Å²) in [6.45, 7) is 7.95. The maximum absolute atomic E-state index is 11.8. The van der Waals surface area contributed by atoms with E-state index in [4.69, 9.17) is 4.52 Å². The lowest BCUT2D eigenvalue weighted by atomic mass is 9.93. The molecule has 0 aliphatic carbocycles. The van der Waals surface area contributed by atoms with Crippen molar-refractivity contribution in [2.75, 3.05) is 10.6 Å². The van der Waals surface area contributed by atoms with Gasteiger partial charge in [0.15, 0.2) is 5.82 Å². The first-order valence-corrected chi connectivity index (χ1v) is 6.32.